The highest BCUT2D eigenvalue weighted by molar-refractivity contribution is 9.10. The topological polar surface area (TPSA) is 42.0 Å². The molecule has 4 heteroatoms. The first-order valence-corrected chi connectivity index (χ1v) is 5.42. The lowest BCUT2D eigenvalue weighted by molar-refractivity contribution is 0.0952. The van der Waals surface area contributed by atoms with Crippen molar-refractivity contribution in [1.82, 2.24) is 10.3 Å². The molecule has 0 unspecified atom stereocenters. The van der Waals surface area contributed by atoms with Crippen LogP contribution in [0.4, 0.5) is 0 Å². The zero-order chi connectivity index (χ0) is 11.3. The maximum Gasteiger partial charge on any atom is 0.271 e. The fourth-order valence-corrected chi connectivity index (χ4v) is 1.42. The van der Waals surface area contributed by atoms with Gasteiger partial charge in [0.15, 0.2) is 0 Å². The molecule has 1 heterocycles. The Hall–Kier alpha value is -1.16. The number of carbonyl (C=O) groups is 1. The fourth-order valence-electron chi connectivity index (χ4n) is 0.984. The molecular weight excluding hydrogens is 256 g/mol. The van der Waals surface area contributed by atoms with Gasteiger partial charge in [0.25, 0.3) is 5.91 Å². The van der Waals surface area contributed by atoms with Gasteiger partial charge in [0.05, 0.1) is 0 Å². The number of carbonyl (C=O) groups excluding carboxylic acids is 1. The van der Waals surface area contributed by atoms with E-state index in [0.29, 0.717) is 16.7 Å². The molecule has 0 saturated heterocycles. The summed E-state index contributed by atoms with van der Waals surface area (Å²) in [6.45, 7) is 4.51. The summed E-state index contributed by atoms with van der Waals surface area (Å²) in [4.78, 5) is 15.6. The molecule has 3 nitrogen and oxygen atoms in total. The van der Waals surface area contributed by atoms with Gasteiger partial charge in [-0.25, -0.2) is 4.98 Å². The molecule has 80 valence electrons. The molecule has 0 bridgehead atoms. The standard InChI is InChI=1S/C11H13BrN2O/c1-8(2)5-7-14-11(15)10-9(12)4-3-6-13-10/h3-6H,7H2,1-2H3,(H,14,15). The van der Waals surface area contributed by atoms with Crippen molar-refractivity contribution in [1.29, 1.82) is 0 Å². The second kappa shape index (κ2) is 5.66. The van der Waals surface area contributed by atoms with Gasteiger partial charge in [-0.1, -0.05) is 11.6 Å². The Morgan fingerprint density at radius 3 is 2.93 bits per heavy atom. The van der Waals surface area contributed by atoms with E-state index in [2.05, 4.69) is 26.2 Å². The second-order valence-electron chi connectivity index (χ2n) is 3.33. The number of amides is 1. The lowest BCUT2D eigenvalue weighted by atomic mass is 10.3. The monoisotopic (exact) mass is 268 g/mol. The Bertz CT molecular complexity index is 384. The minimum Gasteiger partial charge on any atom is -0.347 e. The summed E-state index contributed by atoms with van der Waals surface area (Å²) in [5, 5.41) is 2.76. The number of hydrogen-bond donors (Lipinski definition) is 1. The SMILES string of the molecule is CC(C)=CCNC(=O)c1ncccc1Br. The van der Waals surface area contributed by atoms with Crippen LogP contribution < -0.4 is 5.32 Å². The lowest BCUT2D eigenvalue weighted by Crippen LogP contribution is -2.24. The van der Waals surface area contributed by atoms with Crippen LogP contribution >= 0.6 is 15.9 Å². The molecule has 0 saturated carbocycles. The summed E-state index contributed by atoms with van der Waals surface area (Å²) in [6, 6.07) is 3.57. The van der Waals surface area contributed by atoms with Crippen LogP contribution in [-0.4, -0.2) is 17.4 Å². The number of rotatable bonds is 3. The number of allylic oxidation sites excluding steroid dienone is 1. The van der Waals surface area contributed by atoms with Crippen molar-refractivity contribution in [2.45, 2.75) is 13.8 Å². The van der Waals surface area contributed by atoms with Crippen LogP contribution in [0.2, 0.25) is 0 Å². The Kier molecular flexibility index (Phi) is 4.49. The van der Waals surface area contributed by atoms with Gasteiger partial charge in [-0.2, -0.15) is 0 Å². The highest BCUT2D eigenvalue weighted by Crippen LogP contribution is 2.12. The number of aromatic nitrogens is 1. The molecule has 1 N–H and O–H groups in total. The van der Waals surface area contributed by atoms with Crippen molar-refractivity contribution in [2.75, 3.05) is 6.54 Å². The second-order valence-corrected chi connectivity index (χ2v) is 4.18. The van der Waals surface area contributed by atoms with Crippen molar-refractivity contribution in [3.63, 3.8) is 0 Å². The molecule has 0 radical (unpaired) electrons. The minimum atomic E-state index is -0.167. The maximum absolute atomic E-state index is 11.6. The molecule has 0 aromatic carbocycles. The van der Waals surface area contributed by atoms with Gasteiger partial charge in [0.1, 0.15) is 5.69 Å². The van der Waals surface area contributed by atoms with E-state index in [9.17, 15) is 4.79 Å². The van der Waals surface area contributed by atoms with E-state index in [1.807, 2.05) is 19.9 Å². The quantitative estimate of drug-likeness (QED) is 0.857. The molecule has 1 amide bonds. The molecule has 0 aliphatic rings. The van der Waals surface area contributed by atoms with Crippen molar-refractivity contribution in [2.24, 2.45) is 0 Å². The van der Waals surface area contributed by atoms with Crippen LogP contribution in [0.3, 0.4) is 0 Å². The molecule has 1 rings (SSSR count). The number of nitrogens with zero attached hydrogens (tertiary/aromatic N) is 1. The fraction of sp³-hybridized carbons (Fsp3) is 0.273. The summed E-state index contributed by atoms with van der Waals surface area (Å²) >= 11 is 3.28. The van der Waals surface area contributed by atoms with E-state index in [1.54, 1.807) is 18.3 Å². The summed E-state index contributed by atoms with van der Waals surface area (Å²) in [5.41, 5.74) is 1.59. The van der Waals surface area contributed by atoms with Crippen molar-refractivity contribution >= 4 is 21.8 Å². The van der Waals surface area contributed by atoms with Crippen LogP contribution in [0, 0.1) is 0 Å². The van der Waals surface area contributed by atoms with E-state index in [0.717, 1.165) is 0 Å². The third kappa shape index (κ3) is 3.83. The normalized spacial score (nSPS) is 9.53. The van der Waals surface area contributed by atoms with E-state index < -0.39 is 0 Å². The Balaban J connectivity index is 2.62. The third-order valence-electron chi connectivity index (χ3n) is 1.75. The predicted octanol–water partition coefficient (Wildman–Crippen LogP) is 2.54. The maximum atomic E-state index is 11.6. The molecule has 0 fully saturated rings. The van der Waals surface area contributed by atoms with Crippen LogP contribution in [-0.2, 0) is 0 Å². The van der Waals surface area contributed by atoms with Gasteiger partial charge < -0.3 is 5.32 Å². The summed E-state index contributed by atoms with van der Waals surface area (Å²) in [6.07, 6.45) is 3.55. The minimum absolute atomic E-state index is 0.167. The van der Waals surface area contributed by atoms with Gasteiger partial charge in [-0.3, -0.25) is 4.79 Å². The van der Waals surface area contributed by atoms with Crippen LogP contribution in [0.25, 0.3) is 0 Å². The van der Waals surface area contributed by atoms with Crippen molar-refractivity contribution < 1.29 is 4.79 Å². The first kappa shape index (κ1) is 11.9. The highest BCUT2D eigenvalue weighted by Gasteiger charge is 2.08. The van der Waals surface area contributed by atoms with Crippen LogP contribution in [0.1, 0.15) is 24.3 Å². The number of nitrogens with one attached hydrogen (secondary N) is 1. The average molecular weight is 269 g/mol. The predicted molar refractivity (Wildman–Crippen MR) is 63.7 cm³/mol. The Morgan fingerprint density at radius 2 is 2.33 bits per heavy atom. The smallest absolute Gasteiger partial charge is 0.271 e. The molecule has 1 aromatic rings. The molecule has 1 aromatic heterocycles. The van der Waals surface area contributed by atoms with E-state index >= 15 is 0 Å². The van der Waals surface area contributed by atoms with Gasteiger partial charge in [0.2, 0.25) is 0 Å². The average Bonchev–Trinajstić information content (AvgIpc) is 2.17. The molecule has 0 aliphatic carbocycles. The molecule has 0 atom stereocenters. The molecule has 0 spiro atoms. The van der Waals surface area contributed by atoms with Crippen molar-refractivity contribution in [3.05, 3.63) is 40.1 Å². The highest BCUT2D eigenvalue weighted by atomic mass is 79.9. The zero-order valence-corrected chi connectivity index (χ0v) is 10.3. The van der Waals surface area contributed by atoms with Gasteiger partial charge >= 0.3 is 0 Å². The van der Waals surface area contributed by atoms with E-state index in [1.165, 1.54) is 5.57 Å². The van der Waals surface area contributed by atoms with Crippen molar-refractivity contribution in [3.8, 4) is 0 Å². The Labute approximate surface area is 97.7 Å². The largest absolute Gasteiger partial charge is 0.347 e. The lowest BCUT2D eigenvalue weighted by Gasteiger charge is -2.03. The first-order chi connectivity index (χ1) is 7.11. The summed E-state index contributed by atoms with van der Waals surface area (Å²) in [5.74, 6) is -0.167. The van der Waals surface area contributed by atoms with Gasteiger partial charge in [-0.05, 0) is 41.9 Å². The molecule has 15 heavy (non-hydrogen) atoms. The van der Waals surface area contributed by atoms with E-state index in [-0.39, 0.29) is 5.91 Å². The molecular formula is C11H13BrN2O. The summed E-state index contributed by atoms with van der Waals surface area (Å²) < 4.78 is 0.708. The van der Waals surface area contributed by atoms with Gasteiger partial charge in [0, 0.05) is 17.2 Å². The third-order valence-corrected chi connectivity index (χ3v) is 2.39. The van der Waals surface area contributed by atoms with Crippen LogP contribution in [0.15, 0.2) is 34.5 Å². The van der Waals surface area contributed by atoms with Crippen LogP contribution in [0.5, 0.6) is 0 Å². The zero-order valence-electron chi connectivity index (χ0n) is 8.75. The number of pyridine rings is 1. The van der Waals surface area contributed by atoms with E-state index in [4.69, 9.17) is 0 Å². The molecule has 0 aliphatic heterocycles. The number of hydrogen-bond acceptors (Lipinski definition) is 2. The first-order valence-electron chi connectivity index (χ1n) is 4.63. The Morgan fingerprint density at radius 1 is 1.60 bits per heavy atom. The summed E-state index contributed by atoms with van der Waals surface area (Å²) in [7, 11) is 0. The van der Waals surface area contributed by atoms with Gasteiger partial charge in [-0.15, -0.1) is 0 Å². The number of halogens is 1.